The fourth-order valence-electron chi connectivity index (χ4n) is 5.94. The van der Waals surface area contributed by atoms with Crippen molar-refractivity contribution < 1.29 is 13.9 Å². The molecule has 0 radical (unpaired) electrons. The molecule has 0 unspecified atom stereocenters. The molecule has 4 aliphatic rings. The molecule has 1 N–H and O–H groups in total. The van der Waals surface area contributed by atoms with Crippen LogP contribution in [0.3, 0.4) is 0 Å². The van der Waals surface area contributed by atoms with Crippen molar-refractivity contribution in [1.82, 2.24) is 15.5 Å². The molecule has 154 valence electrons. The smallest absolute Gasteiger partial charge is 0.277 e. The van der Waals surface area contributed by atoms with Gasteiger partial charge in [-0.3, -0.25) is 4.79 Å². The number of amides is 1. The molecular weight excluding hydrogens is 386 g/mol. The van der Waals surface area contributed by atoms with Crippen LogP contribution in [0.25, 0.3) is 11.5 Å². The van der Waals surface area contributed by atoms with E-state index in [1.807, 2.05) is 31.2 Å². The van der Waals surface area contributed by atoms with Crippen LogP contribution in [0.5, 0.6) is 5.75 Å². The summed E-state index contributed by atoms with van der Waals surface area (Å²) in [6.07, 6.45) is 7.58. The van der Waals surface area contributed by atoms with Crippen LogP contribution in [-0.4, -0.2) is 34.0 Å². The Labute approximate surface area is 175 Å². The van der Waals surface area contributed by atoms with Crippen LogP contribution in [0.15, 0.2) is 33.9 Å². The molecule has 4 bridgehead atoms. The molecule has 29 heavy (non-hydrogen) atoms. The van der Waals surface area contributed by atoms with Gasteiger partial charge in [0, 0.05) is 11.1 Å². The molecule has 4 fully saturated rings. The average Bonchev–Trinajstić information content (AvgIpc) is 3.15. The Balaban J connectivity index is 1.22. The van der Waals surface area contributed by atoms with Gasteiger partial charge in [-0.2, -0.15) is 0 Å². The van der Waals surface area contributed by atoms with Crippen LogP contribution in [0.4, 0.5) is 0 Å². The minimum Gasteiger partial charge on any atom is -0.497 e. The lowest BCUT2D eigenvalue weighted by atomic mass is 9.53. The highest BCUT2D eigenvalue weighted by molar-refractivity contribution is 8.00. The number of rotatable bonds is 6. The highest BCUT2D eigenvalue weighted by atomic mass is 32.2. The molecule has 1 heterocycles. The minimum atomic E-state index is -0.271. The number of carbonyl (C=O) groups excluding carboxylic acids is 1. The first-order chi connectivity index (χ1) is 14.0. The molecule has 4 saturated carbocycles. The Hall–Kier alpha value is -2.02. The van der Waals surface area contributed by atoms with Crippen LogP contribution in [-0.2, 0) is 4.79 Å². The van der Waals surface area contributed by atoms with Gasteiger partial charge in [-0.15, -0.1) is 10.2 Å². The van der Waals surface area contributed by atoms with Crippen molar-refractivity contribution in [1.29, 1.82) is 0 Å². The molecule has 1 aromatic carbocycles. The molecule has 1 atom stereocenters. The molecule has 0 aliphatic heterocycles. The van der Waals surface area contributed by atoms with E-state index in [2.05, 4.69) is 15.5 Å². The first-order valence-electron chi connectivity index (χ1n) is 10.5. The van der Waals surface area contributed by atoms with E-state index in [-0.39, 0.29) is 16.7 Å². The van der Waals surface area contributed by atoms with Crippen LogP contribution >= 0.6 is 11.8 Å². The van der Waals surface area contributed by atoms with E-state index in [1.54, 1.807) is 7.11 Å². The third kappa shape index (κ3) is 3.77. The molecule has 2 aromatic rings. The number of thioether (sulfide) groups is 1. The Morgan fingerprint density at radius 2 is 1.76 bits per heavy atom. The van der Waals surface area contributed by atoms with Crippen molar-refractivity contribution in [2.24, 2.45) is 17.8 Å². The number of methoxy groups -OCH3 is 1. The predicted octanol–water partition coefficient (Wildman–Crippen LogP) is 4.31. The highest BCUT2D eigenvalue weighted by Crippen LogP contribution is 2.55. The van der Waals surface area contributed by atoms with Crippen molar-refractivity contribution in [2.45, 2.75) is 61.5 Å². The second kappa shape index (κ2) is 7.35. The minimum absolute atomic E-state index is 0.0315. The van der Waals surface area contributed by atoms with Gasteiger partial charge in [0.15, 0.2) is 0 Å². The third-order valence-corrected chi connectivity index (χ3v) is 7.75. The van der Waals surface area contributed by atoms with E-state index in [9.17, 15) is 4.79 Å². The van der Waals surface area contributed by atoms with Gasteiger partial charge < -0.3 is 14.5 Å². The molecule has 7 heteroatoms. The Bertz CT molecular complexity index is 860. The number of aromatic nitrogens is 2. The van der Waals surface area contributed by atoms with E-state index < -0.39 is 0 Å². The molecule has 0 spiro atoms. The van der Waals surface area contributed by atoms with E-state index in [1.165, 1.54) is 31.0 Å². The maximum absolute atomic E-state index is 12.9. The predicted molar refractivity (Wildman–Crippen MR) is 111 cm³/mol. The molecule has 1 aromatic heterocycles. The summed E-state index contributed by atoms with van der Waals surface area (Å²) in [5, 5.41) is 11.8. The van der Waals surface area contributed by atoms with Gasteiger partial charge in [-0.25, -0.2) is 0 Å². The number of nitrogens with zero attached hydrogens (tertiary/aromatic N) is 2. The van der Waals surface area contributed by atoms with Crippen molar-refractivity contribution in [3.05, 3.63) is 24.3 Å². The first kappa shape index (κ1) is 19.0. The lowest BCUT2D eigenvalue weighted by molar-refractivity contribution is -0.126. The van der Waals surface area contributed by atoms with Crippen LogP contribution in [0, 0.1) is 17.8 Å². The maximum atomic E-state index is 12.9. The van der Waals surface area contributed by atoms with E-state index in [4.69, 9.17) is 9.15 Å². The van der Waals surface area contributed by atoms with E-state index >= 15 is 0 Å². The molecule has 6 nitrogen and oxygen atoms in total. The number of ether oxygens (including phenoxy) is 1. The average molecular weight is 414 g/mol. The second-order valence-electron chi connectivity index (χ2n) is 9.05. The first-order valence-corrected chi connectivity index (χ1v) is 11.4. The summed E-state index contributed by atoms with van der Waals surface area (Å²) >= 11 is 1.33. The number of nitrogens with one attached hydrogen (secondary N) is 1. The van der Waals surface area contributed by atoms with Crippen molar-refractivity contribution in [3.8, 4) is 17.2 Å². The van der Waals surface area contributed by atoms with Crippen LogP contribution in [0.1, 0.15) is 45.4 Å². The van der Waals surface area contributed by atoms with Crippen LogP contribution < -0.4 is 10.1 Å². The molecule has 4 aliphatic carbocycles. The standard InChI is InChI=1S/C22H27N3O3S/c1-13(19(26)23-22-10-14-7-15(11-22)9-16(8-14)12-22)29-21-25-24-20(28-21)17-3-5-18(27-2)6-4-17/h3-6,13-16H,7-12H2,1-2H3,(H,23,26)/t13-,14?,15?,16?,22?/m0/s1. The van der Waals surface area contributed by atoms with Crippen molar-refractivity contribution >= 4 is 17.7 Å². The summed E-state index contributed by atoms with van der Waals surface area (Å²) in [6.45, 7) is 1.91. The number of benzene rings is 1. The van der Waals surface area contributed by atoms with Gasteiger partial charge in [0.05, 0.1) is 12.4 Å². The zero-order valence-corrected chi connectivity index (χ0v) is 17.7. The van der Waals surface area contributed by atoms with Gasteiger partial charge in [-0.05, 0) is 87.5 Å². The maximum Gasteiger partial charge on any atom is 0.277 e. The SMILES string of the molecule is COc1ccc(-c2nnc(S[C@@H](C)C(=O)NC34CC5CC(CC(C5)C3)C4)o2)cc1. The summed E-state index contributed by atoms with van der Waals surface area (Å²) < 4.78 is 11.0. The van der Waals surface area contributed by atoms with Crippen molar-refractivity contribution in [3.63, 3.8) is 0 Å². The zero-order valence-electron chi connectivity index (χ0n) is 16.9. The summed E-state index contributed by atoms with van der Waals surface area (Å²) in [7, 11) is 1.63. The summed E-state index contributed by atoms with van der Waals surface area (Å²) in [5.41, 5.74) is 0.861. The fourth-order valence-corrected chi connectivity index (χ4v) is 6.62. The fraction of sp³-hybridized carbons (Fsp3) is 0.591. The van der Waals surface area contributed by atoms with E-state index in [0.717, 1.165) is 48.3 Å². The topological polar surface area (TPSA) is 77.2 Å². The third-order valence-electron chi connectivity index (χ3n) is 6.82. The molecule has 6 rings (SSSR count). The zero-order chi connectivity index (χ0) is 20.0. The van der Waals surface area contributed by atoms with Gasteiger partial charge in [0.25, 0.3) is 5.22 Å². The number of carbonyl (C=O) groups is 1. The quantitative estimate of drug-likeness (QED) is 0.711. The van der Waals surface area contributed by atoms with E-state index in [0.29, 0.717) is 11.1 Å². The van der Waals surface area contributed by atoms with Gasteiger partial charge in [-0.1, -0.05) is 11.8 Å². The van der Waals surface area contributed by atoms with Gasteiger partial charge in [0.2, 0.25) is 11.8 Å². The van der Waals surface area contributed by atoms with Gasteiger partial charge in [0.1, 0.15) is 5.75 Å². The summed E-state index contributed by atoms with van der Waals surface area (Å²) in [6, 6.07) is 7.47. The highest BCUT2D eigenvalue weighted by Gasteiger charge is 2.51. The summed E-state index contributed by atoms with van der Waals surface area (Å²) in [4.78, 5) is 12.9. The van der Waals surface area contributed by atoms with Gasteiger partial charge >= 0.3 is 0 Å². The largest absolute Gasteiger partial charge is 0.497 e. The molecular formula is C22H27N3O3S. The molecule has 0 saturated heterocycles. The Kier molecular flexibility index (Phi) is 4.81. The Morgan fingerprint density at radius 3 is 2.34 bits per heavy atom. The molecule has 1 amide bonds. The number of hydrogen-bond acceptors (Lipinski definition) is 6. The lowest BCUT2D eigenvalue weighted by Gasteiger charge is -2.57. The van der Waals surface area contributed by atoms with Crippen LogP contribution in [0.2, 0.25) is 0 Å². The monoisotopic (exact) mass is 413 g/mol. The normalized spacial score (nSPS) is 30.9. The summed E-state index contributed by atoms with van der Waals surface area (Å²) in [5.74, 6) is 3.75. The number of hydrogen-bond donors (Lipinski definition) is 1. The second-order valence-corrected chi connectivity index (χ2v) is 10.3. The van der Waals surface area contributed by atoms with Crippen molar-refractivity contribution in [2.75, 3.05) is 7.11 Å². The lowest BCUT2D eigenvalue weighted by Crippen LogP contribution is -2.60. The Morgan fingerprint density at radius 1 is 1.14 bits per heavy atom.